The van der Waals surface area contributed by atoms with Gasteiger partial charge in [0.2, 0.25) is 0 Å². The number of carboxylic acids is 1. The summed E-state index contributed by atoms with van der Waals surface area (Å²) >= 11 is 0. The fourth-order valence-corrected chi connectivity index (χ4v) is 3.18. The van der Waals surface area contributed by atoms with Gasteiger partial charge in [-0.15, -0.1) is 0 Å². The van der Waals surface area contributed by atoms with Crippen molar-refractivity contribution >= 4 is 11.9 Å². The third-order valence-electron chi connectivity index (χ3n) is 4.61. The Hall–Kier alpha value is -2.83. The Morgan fingerprint density at radius 1 is 1.30 bits per heavy atom. The molecule has 1 heterocycles. The highest BCUT2D eigenvalue weighted by Gasteiger charge is 2.32. The molecule has 2 atom stereocenters. The predicted octanol–water partition coefficient (Wildman–Crippen LogP) is 2.89. The number of benzene rings is 1. The van der Waals surface area contributed by atoms with Gasteiger partial charge in [-0.05, 0) is 37.3 Å². The Morgan fingerprint density at radius 3 is 2.67 bits per heavy atom. The molecular weight excluding hydrogens is 346 g/mol. The molecule has 1 aliphatic rings. The van der Waals surface area contributed by atoms with Gasteiger partial charge in [0.15, 0.2) is 11.4 Å². The number of hydrogen-bond donors (Lipinski definition) is 2. The highest BCUT2D eigenvalue weighted by atomic mass is 16.5. The number of nitrogens with one attached hydrogen (secondary N) is 1. The van der Waals surface area contributed by atoms with Crippen molar-refractivity contribution in [1.82, 2.24) is 15.1 Å². The zero-order valence-electron chi connectivity index (χ0n) is 15.6. The van der Waals surface area contributed by atoms with Crippen molar-refractivity contribution in [2.45, 2.75) is 39.2 Å². The number of carbonyl (C=O) groups is 2. The molecule has 1 aromatic carbocycles. The molecule has 1 saturated carbocycles. The van der Waals surface area contributed by atoms with E-state index in [-0.39, 0.29) is 17.6 Å². The lowest BCUT2D eigenvalue weighted by atomic mass is 10.1. The number of para-hydroxylation sites is 1. The number of carboxylic acid groups (broad SMARTS) is 1. The van der Waals surface area contributed by atoms with Crippen molar-refractivity contribution in [3.05, 3.63) is 42.2 Å². The minimum atomic E-state index is -0.805. The number of rotatable bonds is 7. The number of ether oxygens (including phenoxy) is 1. The molecule has 7 heteroatoms. The summed E-state index contributed by atoms with van der Waals surface area (Å²) in [5.74, 6) is -0.792. The summed E-state index contributed by atoms with van der Waals surface area (Å²) in [4.78, 5) is 23.9. The Bertz CT molecular complexity index is 801. The first-order valence-electron chi connectivity index (χ1n) is 9.25. The Kier molecular flexibility index (Phi) is 5.78. The third-order valence-corrected chi connectivity index (χ3v) is 4.61. The van der Waals surface area contributed by atoms with E-state index in [4.69, 9.17) is 9.84 Å². The van der Waals surface area contributed by atoms with E-state index in [9.17, 15) is 9.59 Å². The second-order valence-corrected chi connectivity index (χ2v) is 7.35. The zero-order chi connectivity index (χ0) is 19.4. The van der Waals surface area contributed by atoms with Gasteiger partial charge in [0, 0.05) is 6.04 Å². The first-order chi connectivity index (χ1) is 12.9. The first-order valence-corrected chi connectivity index (χ1v) is 9.25. The fourth-order valence-electron chi connectivity index (χ4n) is 3.18. The minimum Gasteiger partial charge on any atom is -0.489 e. The molecule has 144 valence electrons. The number of carbonyl (C=O) groups excluding carboxylic acids is 1. The van der Waals surface area contributed by atoms with Crippen LogP contribution in [0.3, 0.4) is 0 Å². The van der Waals surface area contributed by atoms with Crippen LogP contribution in [0.1, 0.15) is 43.6 Å². The molecule has 1 fully saturated rings. The summed E-state index contributed by atoms with van der Waals surface area (Å²) < 4.78 is 7.43. The molecule has 2 aromatic rings. The minimum absolute atomic E-state index is 0.154. The van der Waals surface area contributed by atoms with Gasteiger partial charge in [-0.1, -0.05) is 32.0 Å². The van der Waals surface area contributed by atoms with E-state index in [2.05, 4.69) is 10.4 Å². The Balaban J connectivity index is 1.78. The van der Waals surface area contributed by atoms with Crippen LogP contribution in [0.2, 0.25) is 0 Å². The topological polar surface area (TPSA) is 93.5 Å². The van der Waals surface area contributed by atoms with Gasteiger partial charge >= 0.3 is 5.97 Å². The van der Waals surface area contributed by atoms with Crippen LogP contribution in [0.5, 0.6) is 5.75 Å². The molecule has 0 aliphatic heterocycles. The quantitative estimate of drug-likeness (QED) is 0.781. The van der Waals surface area contributed by atoms with Crippen LogP contribution in [-0.4, -0.2) is 39.4 Å². The van der Waals surface area contributed by atoms with Crippen LogP contribution in [0.4, 0.5) is 0 Å². The second-order valence-electron chi connectivity index (χ2n) is 7.35. The zero-order valence-corrected chi connectivity index (χ0v) is 15.6. The van der Waals surface area contributed by atoms with Crippen LogP contribution in [0.15, 0.2) is 36.5 Å². The molecule has 1 aromatic heterocycles. The first kappa shape index (κ1) is 18.9. The number of aromatic nitrogens is 2. The highest BCUT2D eigenvalue weighted by molar-refractivity contribution is 5.95. The van der Waals surface area contributed by atoms with Crippen molar-refractivity contribution in [2.75, 3.05) is 6.61 Å². The average Bonchev–Trinajstić information content (AvgIpc) is 3.28. The van der Waals surface area contributed by atoms with Gasteiger partial charge in [-0.25, -0.2) is 4.68 Å². The summed E-state index contributed by atoms with van der Waals surface area (Å²) in [5, 5.41) is 16.5. The summed E-state index contributed by atoms with van der Waals surface area (Å²) in [7, 11) is 0. The van der Waals surface area contributed by atoms with E-state index in [1.54, 1.807) is 10.9 Å². The molecule has 0 saturated heterocycles. The van der Waals surface area contributed by atoms with Gasteiger partial charge in [-0.3, -0.25) is 9.59 Å². The van der Waals surface area contributed by atoms with Crippen LogP contribution in [-0.2, 0) is 4.79 Å². The van der Waals surface area contributed by atoms with E-state index >= 15 is 0 Å². The summed E-state index contributed by atoms with van der Waals surface area (Å²) in [6.45, 7) is 4.54. The molecule has 0 spiro atoms. The maximum Gasteiger partial charge on any atom is 0.306 e. The Morgan fingerprint density at radius 2 is 2.04 bits per heavy atom. The fraction of sp³-hybridized carbons (Fsp3) is 0.450. The van der Waals surface area contributed by atoms with Crippen LogP contribution in [0, 0.1) is 11.8 Å². The van der Waals surface area contributed by atoms with Crippen molar-refractivity contribution in [2.24, 2.45) is 11.8 Å². The SMILES string of the molecule is CC(C)COc1cn(-c2ccccc2)nc1C(=O)N[C@@H]1CC[C@H](C(=O)O)C1. The molecule has 1 amide bonds. The monoisotopic (exact) mass is 371 g/mol. The molecule has 27 heavy (non-hydrogen) atoms. The van der Waals surface area contributed by atoms with Crippen molar-refractivity contribution in [3.63, 3.8) is 0 Å². The van der Waals surface area contributed by atoms with E-state index in [0.717, 1.165) is 5.69 Å². The van der Waals surface area contributed by atoms with E-state index in [1.165, 1.54) is 0 Å². The van der Waals surface area contributed by atoms with Crippen molar-refractivity contribution in [1.29, 1.82) is 0 Å². The summed E-state index contributed by atoms with van der Waals surface area (Å²) in [6.07, 6.45) is 3.39. The standard InChI is InChI=1S/C20H25N3O4/c1-13(2)12-27-17-11-23(16-6-4-3-5-7-16)22-18(17)19(24)21-15-9-8-14(10-15)20(25)26/h3-7,11,13-15H,8-10,12H2,1-2H3,(H,21,24)(H,25,26)/t14-,15+/m0/s1. The number of hydrogen-bond acceptors (Lipinski definition) is 4. The van der Waals surface area contributed by atoms with Crippen molar-refractivity contribution < 1.29 is 19.4 Å². The largest absolute Gasteiger partial charge is 0.489 e. The summed E-state index contributed by atoms with van der Waals surface area (Å²) in [5.41, 5.74) is 1.05. The van der Waals surface area contributed by atoms with Gasteiger partial charge in [0.25, 0.3) is 5.91 Å². The molecule has 7 nitrogen and oxygen atoms in total. The van der Waals surface area contributed by atoms with E-state index in [1.807, 2.05) is 44.2 Å². The van der Waals surface area contributed by atoms with Crippen LogP contribution >= 0.6 is 0 Å². The lowest BCUT2D eigenvalue weighted by Crippen LogP contribution is -2.34. The van der Waals surface area contributed by atoms with Gasteiger partial charge < -0.3 is 15.2 Å². The lowest BCUT2D eigenvalue weighted by molar-refractivity contribution is -0.141. The predicted molar refractivity (Wildman–Crippen MR) is 100 cm³/mol. The molecule has 1 aliphatic carbocycles. The van der Waals surface area contributed by atoms with Crippen LogP contribution < -0.4 is 10.1 Å². The Labute approximate surface area is 158 Å². The molecular formula is C20H25N3O4. The van der Waals surface area contributed by atoms with E-state index in [0.29, 0.717) is 37.5 Å². The maximum atomic E-state index is 12.8. The third kappa shape index (κ3) is 4.67. The van der Waals surface area contributed by atoms with Gasteiger partial charge in [-0.2, -0.15) is 5.10 Å². The average molecular weight is 371 g/mol. The summed E-state index contributed by atoms with van der Waals surface area (Å²) in [6, 6.07) is 9.35. The number of amides is 1. The van der Waals surface area contributed by atoms with E-state index < -0.39 is 11.9 Å². The lowest BCUT2D eigenvalue weighted by Gasteiger charge is -2.12. The number of aliphatic carboxylic acids is 1. The molecule has 2 N–H and O–H groups in total. The number of nitrogens with zero attached hydrogens (tertiary/aromatic N) is 2. The molecule has 0 unspecified atom stereocenters. The highest BCUT2D eigenvalue weighted by Crippen LogP contribution is 2.27. The molecule has 3 rings (SSSR count). The van der Waals surface area contributed by atoms with Gasteiger partial charge in [0.1, 0.15) is 0 Å². The smallest absolute Gasteiger partial charge is 0.306 e. The second kappa shape index (κ2) is 8.24. The van der Waals surface area contributed by atoms with Gasteiger partial charge in [0.05, 0.1) is 24.4 Å². The normalized spacial score (nSPS) is 19.2. The van der Waals surface area contributed by atoms with Crippen molar-refractivity contribution in [3.8, 4) is 11.4 Å². The van der Waals surface area contributed by atoms with Crippen LogP contribution in [0.25, 0.3) is 5.69 Å². The maximum absolute atomic E-state index is 12.8. The molecule has 0 bridgehead atoms. The molecule has 0 radical (unpaired) electrons.